The summed E-state index contributed by atoms with van der Waals surface area (Å²) in [5.74, 6) is -2.43. The van der Waals surface area contributed by atoms with Gasteiger partial charge >= 0.3 is 12.1 Å². The van der Waals surface area contributed by atoms with Crippen molar-refractivity contribution in [1.82, 2.24) is 0 Å². The van der Waals surface area contributed by atoms with Crippen LogP contribution in [0.5, 0.6) is 0 Å². The van der Waals surface area contributed by atoms with Crippen LogP contribution in [-0.2, 0) is 15.0 Å². The molecular formula is C32H31F3N2O2. The number of hydrogen-bond donors (Lipinski definition) is 1. The van der Waals surface area contributed by atoms with Gasteiger partial charge in [0.15, 0.2) is 5.78 Å². The van der Waals surface area contributed by atoms with E-state index in [1.165, 1.54) is 11.6 Å². The number of carbonyl (C=O) groups is 2. The summed E-state index contributed by atoms with van der Waals surface area (Å²) in [6.07, 6.45) is -4.56. The number of ketones is 1. The lowest BCUT2D eigenvalue weighted by Crippen LogP contribution is -2.45. The molecule has 0 saturated carbocycles. The molecule has 0 aromatic heterocycles. The molecule has 2 aliphatic rings. The molecule has 0 radical (unpaired) electrons. The predicted octanol–water partition coefficient (Wildman–Crippen LogP) is 7.76. The number of anilines is 2. The maximum Gasteiger partial charge on any atom is 0.471 e. The van der Waals surface area contributed by atoms with Crippen LogP contribution in [0.3, 0.4) is 0 Å². The highest BCUT2D eigenvalue weighted by Crippen LogP contribution is 2.48. The van der Waals surface area contributed by atoms with Gasteiger partial charge in [-0.15, -0.1) is 0 Å². The highest BCUT2D eigenvalue weighted by molar-refractivity contribution is 6.07. The fourth-order valence-electron chi connectivity index (χ4n) is 5.51. The maximum atomic E-state index is 14.0. The van der Waals surface area contributed by atoms with Crippen LogP contribution < -0.4 is 10.2 Å². The Morgan fingerprint density at radius 2 is 1.49 bits per heavy atom. The second kappa shape index (κ2) is 9.70. The number of Topliss-reactive ketones (excluding diaryl/α,β-unsaturated/α-hetero) is 1. The molecule has 3 aromatic carbocycles. The number of hydrogen-bond acceptors (Lipinski definition) is 3. The van der Waals surface area contributed by atoms with Crippen LogP contribution in [0, 0.1) is 6.92 Å². The number of carbonyl (C=O) groups excluding carboxylic acids is 2. The van der Waals surface area contributed by atoms with Gasteiger partial charge in [0.2, 0.25) is 0 Å². The summed E-state index contributed by atoms with van der Waals surface area (Å²) in [6.45, 7) is 8.28. The van der Waals surface area contributed by atoms with E-state index in [1.807, 2.05) is 19.1 Å². The van der Waals surface area contributed by atoms with Gasteiger partial charge < -0.3 is 5.32 Å². The summed E-state index contributed by atoms with van der Waals surface area (Å²) < 4.78 is 42.1. The third-order valence-corrected chi connectivity index (χ3v) is 7.59. The van der Waals surface area contributed by atoms with E-state index >= 15 is 0 Å². The number of nitrogens with zero attached hydrogens (tertiary/aromatic N) is 1. The van der Waals surface area contributed by atoms with E-state index in [1.54, 1.807) is 42.5 Å². The smallest absolute Gasteiger partial charge is 0.357 e. The fraction of sp³-hybridized carbons (Fsp3) is 0.312. The van der Waals surface area contributed by atoms with Gasteiger partial charge in [0, 0.05) is 17.7 Å². The second-order valence-electron chi connectivity index (χ2n) is 11.4. The van der Waals surface area contributed by atoms with Crippen molar-refractivity contribution in [3.8, 4) is 0 Å². The van der Waals surface area contributed by atoms with Gasteiger partial charge in [-0.3, -0.25) is 14.5 Å². The summed E-state index contributed by atoms with van der Waals surface area (Å²) in [4.78, 5) is 27.6. The zero-order valence-electron chi connectivity index (χ0n) is 22.4. The molecule has 0 unspecified atom stereocenters. The zero-order chi connectivity index (χ0) is 28.1. The van der Waals surface area contributed by atoms with Gasteiger partial charge in [0.1, 0.15) is 0 Å². The van der Waals surface area contributed by atoms with E-state index in [-0.39, 0.29) is 34.8 Å². The van der Waals surface area contributed by atoms with E-state index in [4.69, 9.17) is 0 Å². The molecule has 4 nitrogen and oxygen atoms in total. The number of nitrogens with one attached hydrogen (secondary N) is 1. The number of rotatable bonds is 2. The molecule has 1 heterocycles. The number of alkyl halides is 3. The first-order valence-electron chi connectivity index (χ1n) is 13.0. The van der Waals surface area contributed by atoms with Crippen LogP contribution in [0.4, 0.5) is 24.5 Å². The molecule has 0 spiro atoms. The Bertz CT molecular complexity index is 1450. The molecule has 7 heteroatoms. The lowest BCUT2D eigenvalue weighted by atomic mass is 9.77. The number of benzene rings is 3. The number of para-hydroxylation sites is 2. The van der Waals surface area contributed by atoms with Crippen LogP contribution in [-0.4, -0.2) is 17.9 Å². The SMILES string of the molecule is Cc1ccc([C@@H]2C3=C(C[C@H](c4ccc(C(C)(C)C)cc4)CC3=O)Nc3ccccc3N2C(=O)C(F)(F)F)cc1. The second-order valence-corrected chi connectivity index (χ2v) is 11.4. The van der Waals surface area contributed by atoms with Gasteiger partial charge in [0.25, 0.3) is 0 Å². The van der Waals surface area contributed by atoms with Crippen molar-refractivity contribution < 1.29 is 22.8 Å². The molecule has 0 saturated heterocycles. The molecule has 39 heavy (non-hydrogen) atoms. The van der Waals surface area contributed by atoms with Gasteiger partial charge in [-0.05, 0) is 53.5 Å². The topological polar surface area (TPSA) is 49.4 Å². The Morgan fingerprint density at radius 3 is 2.10 bits per heavy atom. The molecule has 5 rings (SSSR count). The first kappa shape index (κ1) is 26.7. The fourth-order valence-corrected chi connectivity index (χ4v) is 5.51. The van der Waals surface area contributed by atoms with Gasteiger partial charge in [-0.25, -0.2) is 0 Å². The van der Waals surface area contributed by atoms with E-state index in [9.17, 15) is 22.8 Å². The Balaban J connectivity index is 1.67. The average molecular weight is 533 g/mol. The zero-order valence-corrected chi connectivity index (χ0v) is 22.4. The maximum absolute atomic E-state index is 14.0. The molecule has 202 valence electrons. The largest absolute Gasteiger partial charge is 0.471 e. The van der Waals surface area contributed by atoms with Crippen LogP contribution in [0.1, 0.15) is 67.8 Å². The summed E-state index contributed by atoms with van der Waals surface area (Å²) in [7, 11) is 0. The third kappa shape index (κ3) is 5.10. The van der Waals surface area contributed by atoms with Crippen molar-refractivity contribution in [3.63, 3.8) is 0 Å². The molecular weight excluding hydrogens is 501 g/mol. The normalized spacial score (nSPS) is 19.7. The van der Waals surface area contributed by atoms with E-state index in [0.29, 0.717) is 23.4 Å². The minimum Gasteiger partial charge on any atom is -0.357 e. The Kier molecular flexibility index (Phi) is 6.65. The van der Waals surface area contributed by atoms with Crippen molar-refractivity contribution >= 4 is 23.1 Å². The minimum absolute atomic E-state index is 0.0150. The van der Waals surface area contributed by atoms with Crippen LogP contribution >= 0.6 is 0 Å². The Hall–Kier alpha value is -3.87. The molecule has 3 aromatic rings. The average Bonchev–Trinajstić information content (AvgIpc) is 3.02. The van der Waals surface area contributed by atoms with E-state index < -0.39 is 18.1 Å². The Morgan fingerprint density at radius 1 is 0.872 bits per heavy atom. The molecule has 0 bridgehead atoms. The molecule has 1 amide bonds. The van der Waals surface area contributed by atoms with E-state index in [0.717, 1.165) is 16.0 Å². The minimum atomic E-state index is -5.13. The van der Waals surface area contributed by atoms with Crippen molar-refractivity contribution in [1.29, 1.82) is 0 Å². The molecule has 1 N–H and O–H groups in total. The number of aryl methyl sites for hydroxylation is 1. The predicted molar refractivity (Wildman–Crippen MR) is 147 cm³/mol. The van der Waals surface area contributed by atoms with Gasteiger partial charge in [-0.2, -0.15) is 13.2 Å². The van der Waals surface area contributed by atoms with Crippen molar-refractivity contribution in [2.24, 2.45) is 0 Å². The number of amides is 1. The van der Waals surface area contributed by atoms with Crippen molar-refractivity contribution in [2.45, 2.75) is 64.1 Å². The highest BCUT2D eigenvalue weighted by Gasteiger charge is 2.49. The molecule has 2 atom stereocenters. The quantitative estimate of drug-likeness (QED) is 0.367. The summed E-state index contributed by atoms with van der Waals surface area (Å²) in [5, 5.41) is 3.27. The monoisotopic (exact) mass is 532 g/mol. The van der Waals surface area contributed by atoms with Crippen LogP contribution in [0.25, 0.3) is 0 Å². The standard InChI is InChI=1S/C32H31F3N2O2/c1-19-9-11-21(12-10-19)29-28-25(36-24-7-5-6-8-26(24)37(29)30(39)32(33,34)35)17-22(18-27(28)38)20-13-15-23(16-14-20)31(2,3)4/h5-16,22,29,36H,17-18H2,1-4H3/t22-,29+/m0/s1. The van der Waals surface area contributed by atoms with Gasteiger partial charge in [0.05, 0.1) is 17.4 Å². The number of fused-ring (bicyclic) bond motifs is 1. The molecule has 0 fully saturated rings. The summed E-state index contributed by atoms with van der Waals surface area (Å²) >= 11 is 0. The molecule has 1 aliphatic carbocycles. The number of allylic oxidation sites excluding steroid dienone is 1. The summed E-state index contributed by atoms with van der Waals surface area (Å²) in [6, 6.07) is 20.3. The first-order chi connectivity index (χ1) is 18.3. The first-order valence-corrected chi connectivity index (χ1v) is 13.0. The van der Waals surface area contributed by atoms with Crippen LogP contribution in [0.2, 0.25) is 0 Å². The van der Waals surface area contributed by atoms with E-state index in [2.05, 4.69) is 38.2 Å². The van der Waals surface area contributed by atoms with Crippen molar-refractivity contribution in [3.05, 3.63) is 106 Å². The molecule has 1 aliphatic heterocycles. The van der Waals surface area contributed by atoms with Crippen molar-refractivity contribution in [2.75, 3.05) is 10.2 Å². The van der Waals surface area contributed by atoms with Gasteiger partial charge in [-0.1, -0.05) is 87.0 Å². The third-order valence-electron chi connectivity index (χ3n) is 7.59. The number of halogens is 3. The summed E-state index contributed by atoms with van der Waals surface area (Å²) in [5.41, 5.74) is 4.72. The lowest BCUT2D eigenvalue weighted by Gasteiger charge is -2.35. The Labute approximate surface area is 226 Å². The lowest BCUT2D eigenvalue weighted by molar-refractivity contribution is -0.170. The van der Waals surface area contributed by atoms with Crippen LogP contribution in [0.15, 0.2) is 84.1 Å². The highest BCUT2D eigenvalue weighted by atomic mass is 19.4.